The van der Waals surface area contributed by atoms with E-state index in [9.17, 15) is 4.79 Å². The fraction of sp³-hybridized carbons (Fsp3) is 0.545. The van der Waals surface area contributed by atoms with Crippen LogP contribution in [-0.4, -0.2) is 35.4 Å². The van der Waals surface area contributed by atoms with Gasteiger partial charge >= 0.3 is 0 Å². The predicted molar refractivity (Wildman–Crippen MR) is 58.4 cm³/mol. The molecule has 1 aliphatic heterocycles. The van der Waals surface area contributed by atoms with Crippen molar-refractivity contribution in [3.63, 3.8) is 0 Å². The molecule has 4 heteroatoms. The maximum atomic E-state index is 11.6. The van der Waals surface area contributed by atoms with Gasteiger partial charge in [-0.3, -0.25) is 4.79 Å². The molecule has 1 unspecified atom stereocenters. The van der Waals surface area contributed by atoms with E-state index in [1.807, 2.05) is 24.1 Å². The number of aromatic amines is 1. The van der Waals surface area contributed by atoms with Crippen molar-refractivity contribution in [1.29, 1.82) is 0 Å². The summed E-state index contributed by atoms with van der Waals surface area (Å²) in [5.41, 5.74) is 1.16. The number of hydrogen-bond donors (Lipinski definition) is 2. The first-order valence-electron chi connectivity index (χ1n) is 5.45. The fourth-order valence-electron chi connectivity index (χ4n) is 1.97. The third-order valence-electron chi connectivity index (χ3n) is 2.83. The highest BCUT2D eigenvalue weighted by Crippen LogP contribution is 2.15. The molecule has 0 saturated carbocycles. The van der Waals surface area contributed by atoms with E-state index in [1.165, 1.54) is 0 Å². The van der Waals surface area contributed by atoms with Crippen LogP contribution < -0.4 is 5.32 Å². The molecule has 1 atom stereocenters. The largest absolute Gasteiger partial charge is 0.364 e. The number of piperazine rings is 1. The van der Waals surface area contributed by atoms with Crippen molar-refractivity contribution in [3.05, 3.63) is 24.0 Å². The lowest BCUT2D eigenvalue weighted by Crippen LogP contribution is -2.48. The van der Waals surface area contributed by atoms with Gasteiger partial charge in [-0.15, -0.1) is 0 Å². The number of hydrogen-bond acceptors (Lipinski definition) is 2. The Kier molecular flexibility index (Phi) is 3.06. The van der Waals surface area contributed by atoms with Crippen LogP contribution in [-0.2, 0) is 4.79 Å². The van der Waals surface area contributed by atoms with E-state index in [0.717, 1.165) is 25.3 Å². The van der Waals surface area contributed by atoms with E-state index in [0.29, 0.717) is 6.42 Å². The standard InChI is InChI=1S/C11H17N3O/c1-2-11(15)14-7-6-13-10(8-14)9-4-3-5-12-9/h3-5,10,12-13H,2,6-8H2,1H3. The summed E-state index contributed by atoms with van der Waals surface area (Å²) in [4.78, 5) is 16.7. The Morgan fingerprint density at radius 1 is 1.67 bits per heavy atom. The first-order chi connectivity index (χ1) is 7.31. The summed E-state index contributed by atoms with van der Waals surface area (Å²) in [6.45, 7) is 4.38. The molecule has 1 aromatic rings. The zero-order valence-electron chi connectivity index (χ0n) is 8.99. The number of amides is 1. The molecule has 0 aliphatic carbocycles. The highest BCUT2D eigenvalue weighted by atomic mass is 16.2. The van der Waals surface area contributed by atoms with Crippen LogP contribution in [0.25, 0.3) is 0 Å². The molecule has 1 saturated heterocycles. The maximum absolute atomic E-state index is 11.6. The predicted octanol–water partition coefficient (Wildman–Crippen LogP) is 0.898. The molecule has 2 rings (SSSR count). The van der Waals surface area contributed by atoms with Gasteiger partial charge in [0, 0.05) is 37.9 Å². The molecule has 2 heterocycles. The van der Waals surface area contributed by atoms with Crippen LogP contribution in [0.15, 0.2) is 18.3 Å². The lowest BCUT2D eigenvalue weighted by Gasteiger charge is -2.33. The molecule has 1 fully saturated rings. The second kappa shape index (κ2) is 4.49. The van der Waals surface area contributed by atoms with Crippen molar-refractivity contribution in [2.45, 2.75) is 19.4 Å². The highest BCUT2D eigenvalue weighted by Gasteiger charge is 2.23. The van der Waals surface area contributed by atoms with Crippen molar-refractivity contribution in [3.8, 4) is 0 Å². The van der Waals surface area contributed by atoms with Crippen molar-refractivity contribution in [2.24, 2.45) is 0 Å². The molecule has 4 nitrogen and oxygen atoms in total. The first kappa shape index (κ1) is 10.2. The summed E-state index contributed by atoms with van der Waals surface area (Å²) in [6.07, 6.45) is 2.51. The molecule has 0 aromatic carbocycles. The second-order valence-corrected chi connectivity index (χ2v) is 3.83. The number of nitrogens with zero attached hydrogens (tertiary/aromatic N) is 1. The highest BCUT2D eigenvalue weighted by molar-refractivity contribution is 5.76. The van der Waals surface area contributed by atoms with Crippen molar-refractivity contribution < 1.29 is 4.79 Å². The van der Waals surface area contributed by atoms with Crippen LogP contribution in [0.1, 0.15) is 25.1 Å². The van der Waals surface area contributed by atoms with Gasteiger partial charge in [0.1, 0.15) is 0 Å². The van der Waals surface area contributed by atoms with Crippen molar-refractivity contribution in [1.82, 2.24) is 15.2 Å². The Hall–Kier alpha value is -1.29. The van der Waals surface area contributed by atoms with Crippen LogP contribution in [0.5, 0.6) is 0 Å². The Balaban J connectivity index is 2.01. The average Bonchev–Trinajstić information content (AvgIpc) is 2.82. The number of carbonyl (C=O) groups excluding carboxylic acids is 1. The van der Waals surface area contributed by atoms with Crippen LogP contribution in [0.4, 0.5) is 0 Å². The van der Waals surface area contributed by atoms with E-state index in [2.05, 4.69) is 16.4 Å². The Morgan fingerprint density at radius 2 is 2.53 bits per heavy atom. The molecular weight excluding hydrogens is 190 g/mol. The van der Waals surface area contributed by atoms with Crippen LogP contribution >= 0.6 is 0 Å². The molecule has 1 amide bonds. The molecule has 0 spiro atoms. The number of aromatic nitrogens is 1. The summed E-state index contributed by atoms with van der Waals surface area (Å²) in [5.74, 6) is 0.244. The van der Waals surface area contributed by atoms with Gasteiger partial charge in [0.25, 0.3) is 0 Å². The minimum atomic E-state index is 0.244. The van der Waals surface area contributed by atoms with Crippen molar-refractivity contribution in [2.75, 3.05) is 19.6 Å². The van der Waals surface area contributed by atoms with Gasteiger partial charge in [-0.05, 0) is 12.1 Å². The zero-order chi connectivity index (χ0) is 10.7. The molecule has 0 radical (unpaired) electrons. The van der Waals surface area contributed by atoms with Gasteiger partial charge in [-0.25, -0.2) is 0 Å². The van der Waals surface area contributed by atoms with Gasteiger partial charge in [0.2, 0.25) is 5.91 Å². The van der Waals surface area contributed by atoms with Gasteiger partial charge in [0.05, 0.1) is 6.04 Å². The van der Waals surface area contributed by atoms with Gasteiger partial charge in [-0.2, -0.15) is 0 Å². The third kappa shape index (κ3) is 2.21. The maximum Gasteiger partial charge on any atom is 0.222 e. The van der Waals surface area contributed by atoms with Crippen LogP contribution in [0, 0.1) is 0 Å². The van der Waals surface area contributed by atoms with Gasteiger partial charge in [0.15, 0.2) is 0 Å². The molecule has 1 aliphatic rings. The SMILES string of the molecule is CCC(=O)N1CCNC(c2ccc[nH]2)C1. The minimum absolute atomic E-state index is 0.244. The molecule has 2 N–H and O–H groups in total. The van der Waals surface area contributed by atoms with Gasteiger partial charge in [-0.1, -0.05) is 6.92 Å². The molecule has 15 heavy (non-hydrogen) atoms. The van der Waals surface area contributed by atoms with E-state index in [4.69, 9.17) is 0 Å². The quantitative estimate of drug-likeness (QED) is 0.757. The van der Waals surface area contributed by atoms with E-state index in [-0.39, 0.29) is 11.9 Å². The fourth-order valence-corrected chi connectivity index (χ4v) is 1.97. The summed E-state index contributed by atoms with van der Waals surface area (Å²) < 4.78 is 0. The minimum Gasteiger partial charge on any atom is -0.364 e. The summed E-state index contributed by atoms with van der Waals surface area (Å²) in [5, 5.41) is 3.41. The first-order valence-corrected chi connectivity index (χ1v) is 5.45. The van der Waals surface area contributed by atoms with Crippen molar-refractivity contribution >= 4 is 5.91 Å². The molecular formula is C11H17N3O. The second-order valence-electron chi connectivity index (χ2n) is 3.83. The van der Waals surface area contributed by atoms with E-state index >= 15 is 0 Å². The van der Waals surface area contributed by atoms with Crippen LogP contribution in [0.3, 0.4) is 0 Å². The smallest absolute Gasteiger partial charge is 0.222 e. The third-order valence-corrected chi connectivity index (χ3v) is 2.83. The van der Waals surface area contributed by atoms with Crippen LogP contribution in [0.2, 0.25) is 0 Å². The topological polar surface area (TPSA) is 48.1 Å². The average molecular weight is 207 g/mol. The normalized spacial score (nSPS) is 21.7. The Bertz CT molecular complexity index is 321. The number of H-pyrrole nitrogens is 1. The lowest BCUT2D eigenvalue weighted by molar-refractivity contribution is -0.132. The monoisotopic (exact) mass is 207 g/mol. The van der Waals surface area contributed by atoms with Gasteiger partial charge < -0.3 is 15.2 Å². The Morgan fingerprint density at radius 3 is 3.20 bits per heavy atom. The molecule has 1 aromatic heterocycles. The zero-order valence-corrected chi connectivity index (χ0v) is 8.99. The number of rotatable bonds is 2. The summed E-state index contributed by atoms with van der Waals surface area (Å²) >= 11 is 0. The molecule has 0 bridgehead atoms. The van der Waals surface area contributed by atoms with E-state index < -0.39 is 0 Å². The Labute approximate surface area is 89.7 Å². The summed E-state index contributed by atoms with van der Waals surface area (Å²) in [6, 6.07) is 4.29. The lowest BCUT2D eigenvalue weighted by atomic mass is 10.1. The number of nitrogens with one attached hydrogen (secondary N) is 2. The number of carbonyl (C=O) groups is 1. The summed E-state index contributed by atoms with van der Waals surface area (Å²) in [7, 11) is 0. The van der Waals surface area contributed by atoms with E-state index in [1.54, 1.807) is 0 Å². The molecule has 82 valence electrons.